The Morgan fingerprint density at radius 1 is 1.37 bits per heavy atom. The Kier molecular flexibility index (Phi) is 2.03. The van der Waals surface area contributed by atoms with Crippen molar-refractivity contribution in [2.75, 3.05) is 6.61 Å². The highest BCUT2D eigenvalue weighted by molar-refractivity contribution is 5.92. The zero-order valence-electron chi connectivity index (χ0n) is 11.4. The monoisotopic (exact) mass is 254 g/mol. The van der Waals surface area contributed by atoms with Crippen molar-refractivity contribution in [2.24, 2.45) is 11.3 Å². The third-order valence-electron chi connectivity index (χ3n) is 5.45. The summed E-state index contributed by atoms with van der Waals surface area (Å²) in [6.45, 7) is 4.61. The van der Waals surface area contributed by atoms with E-state index in [0.29, 0.717) is 5.92 Å². The fraction of sp³-hybridized carbons (Fsp3) is 0.471. The predicted octanol–water partition coefficient (Wildman–Crippen LogP) is 3.31. The van der Waals surface area contributed by atoms with Gasteiger partial charge < -0.3 is 4.74 Å². The number of ketones is 1. The minimum atomic E-state index is -0.410. The highest BCUT2D eigenvalue weighted by atomic mass is 16.5. The maximum Gasteiger partial charge on any atom is 0.143 e. The van der Waals surface area contributed by atoms with Gasteiger partial charge in [-0.1, -0.05) is 30.3 Å². The van der Waals surface area contributed by atoms with Crippen LogP contribution >= 0.6 is 0 Å². The zero-order chi connectivity index (χ0) is 13.3. The number of Topliss-reactive ketones (excluding diaryl/α,β-unsaturated/α-hetero) is 1. The topological polar surface area (TPSA) is 26.3 Å². The molecular weight excluding hydrogens is 236 g/mol. The average molecular weight is 254 g/mol. The van der Waals surface area contributed by atoms with E-state index in [9.17, 15) is 4.79 Å². The first-order valence-electron chi connectivity index (χ1n) is 7.06. The Hall–Kier alpha value is -1.41. The van der Waals surface area contributed by atoms with Crippen molar-refractivity contribution in [3.63, 3.8) is 0 Å². The standard InChI is InChI=1S/C17H18O2/c1-11-9-16(12(2)18)10-13-7-8-19-17(13,16)15-6-4-3-5-14(11)15/h3-6,9,13H,7-8,10H2,1-2H3/t13-,16-,17+/m1/s1. The third kappa shape index (κ3) is 1.06. The summed E-state index contributed by atoms with van der Waals surface area (Å²) < 4.78 is 6.22. The smallest absolute Gasteiger partial charge is 0.143 e. The summed E-state index contributed by atoms with van der Waals surface area (Å²) in [4.78, 5) is 12.4. The number of hydrogen-bond donors (Lipinski definition) is 0. The molecule has 3 atom stereocenters. The van der Waals surface area contributed by atoms with Crippen molar-refractivity contribution in [3.8, 4) is 0 Å². The van der Waals surface area contributed by atoms with E-state index < -0.39 is 5.41 Å². The normalized spacial score (nSPS) is 38.6. The maximum absolute atomic E-state index is 12.4. The molecule has 3 aliphatic rings. The van der Waals surface area contributed by atoms with Crippen LogP contribution in [0.4, 0.5) is 0 Å². The van der Waals surface area contributed by atoms with Crippen LogP contribution < -0.4 is 0 Å². The molecule has 2 heteroatoms. The SMILES string of the molecule is CC(=O)[C@]12C=C(C)c3ccccc3[C@]13OCC[C@@H]3C2. The van der Waals surface area contributed by atoms with E-state index in [0.717, 1.165) is 19.4 Å². The quantitative estimate of drug-likeness (QED) is 0.768. The lowest BCUT2D eigenvalue weighted by molar-refractivity contribution is -0.192. The van der Waals surface area contributed by atoms with Gasteiger partial charge in [-0.25, -0.2) is 0 Å². The van der Waals surface area contributed by atoms with Gasteiger partial charge in [0.1, 0.15) is 11.4 Å². The number of rotatable bonds is 1. The van der Waals surface area contributed by atoms with Crippen molar-refractivity contribution >= 4 is 11.4 Å². The highest BCUT2D eigenvalue weighted by Gasteiger charge is 2.72. The van der Waals surface area contributed by atoms with Gasteiger partial charge in [0.2, 0.25) is 0 Å². The number of carbonyl (C=O) groups excluding carboxylic acids is 1. The molecule has 1 aromatic carbocycles. The van der Waals surface area contributed by atoms with Gasteiger partial charge in [-0.15, -0.1) is 0 Å². The minimum Gasteiger partial charge on any atom is -0.369 e. The second-order valence-corrected chi connectivity index (χ2v) is 6.17. The fourth-order valence-corrected chi connectivity index (χ4v) is 4.64. The van der Waals surface area contributed by atoms with Gasteiger partial charge in [-0.3, -0.25) is 4.79 Å². The molecule has 0 bridgehead atoms. The lowest BCUT2D eigenvalue weighted by Crippen LogP contribution is -2.63. The molecule has 2 fully saturated rings. The second kappa shape index (κ2) is 3.37. The Morgan fingerprint density at radius 2 is 2.16 bits per heavy atom. The van der Waals surface area contributed by atoms with Crippen LogP contribution in [-0.4, -0.2) is 12.4 Å². The lowest BCUT2D eigenvalue weighted by atomic mass is 9.44. The molecule has 0 aromatic heterocycles. The van der Waals surface area contributed by atoms with Crippen LogP contribution in [0.25, 0.3) is 5.57 Å². The highest BCUT2D eigenvalue weighted by Crippen LogP contribution is 2.70. The van der Waals surface area contributed by atoms with Crippen molar-refractivity contribution in [1.82, 2.24) is 0 Å². The van der Waals surface area contributed by atoms with E-state index >= 15 is 0 Å². The summed E-state index contributed by atoms with van der Waals surface area (Å²) in [6.07, 6.45) is 4.21. The second-order valence-electron chi connectivity index (χ2n) is 6.17. The van der Waals surface area contributed by atoms with Gasteiger partial charge >= 0.3 is 0 Å². The van der Waals surface area contributed by atoms with E-state index in [2.05, 4.69) is 37.3 Å². The molecule has 1 heterocycles. The molecule has 2 aliphatic carbocycles. The van der Waals surface area contributed by atoms with Crippen LogP contribution in [0, 0.1) is 11.3 Å². The van der Waals surface area contributed by atoms with Gasteiger partial charge in [-0.2, -0.15) is 0 Å². The summed E-state index contributed by atoms with van der Waals surface area (Å²) in [6, 6.07) is 8.43. The molecular formula is C17H18O2. The van der Waals surface area contributed by atoms with Crippen LogP contribution in [0.3, 0.4) is 0 Å². The Bertz CT molecular complexity index is 615. The summed E-state index contributed by atoms with van der Waals surface area (Å²) in [7, 11) is 0. The molecule has 1 saturated heterocycles. The first-order valence-corrected chi connectivity index (χ1v) is 7.06. The molecule has 19 heavy (non-hydrogen) atoms. The molecule has 4 rings (SSSR count). The van der Waals surface area contributed by atoms with Crippen molar-refractivity contribution in [1.29, 1.82) is 0 Å². The molecule has 0 amide bonds. The van der Waals surface area contributed by atoms with E-state index in [1.807, 2.05) is 0 Å². The summed E-state index contributed by atoms with van der Waals surface area (Å²) >= 11 is 0. The Labute approximate surface area is 113 Å². The van der Waals surface area contributed by atoms with E-state index in [-0.39, 0.29) is 11.4 Å². The minimum absolute atomic E-state index is 0.250. The summed E-state index contributed by atoms with van der Waals surface area (Å²) in [5, 5.41) is 0. The van der Waals surface area contributed by atoms with Crippen molar-refractivity contribution < 1.29 is 9.53 Å². The molecule has 1 saturated carbocycles. The largest absolute Gasteiger partial charge is 0.369 e. The van der Waals surface area contributed by atoms with Gasteiger partial charge in [0.15, 0.2) is 0 Å². The van der Waals surface area contributed by atoms with Crippen LogP contribution in [-0.2, 0) is 15.1 Å². The molecule has 1 aliphatic heterocycles. The molecule has 2 nitrogen and oxygen atoms in total. The Morgan fingerprint density at radius 3 is 2.89 bits per heavy atom. The van der Waals surface area contributed by atoms with Crippen LogP contribution in [0.15, 0.2) is 30.3 Å². The predicted molar refractivity (Wildman–Crippen MR) is 73.6 cm³/mol. The van der Waals surface area contributed by atoms with Gasteiger partial charge in [0.25, 0.3) is 0 Å². The third-order valence-corrected chi connectivity index (χ3v) is 5.45. The van der Waals surface area contributed by atoms with Crippen molar-refractivity contribution in [3.05, 3.63) is 41.5 Å². The summed E-state index contributed by atoms with van der Waals surface area (Å²) in [5.74, 6) is 0.751. The molecule has 0 radical (unpaired) electrons. The zero-order valence-corrected chi connectivity index (χ0v) is 11.4. The van der Waals surface area contributed by atoms with E-state index in [1.54, 1.807) is 6.92 Å². The number of benzene rings is 1. The average Bonchev–Trinajstić information content (AvgIpc) is 2.71. The number of allylic oxidation sites excluding steroid dienone is 1. The molecule has 0 unspecified atom stereocenters. The summed E-state index contributed by atoms with van der Waals surface area (Å²) in [5.41, 5.74) is 2.93. The molecule has 1 aromatic rings. The van der Waals surface area contributed by atoms with Gasteiger partial charge in [0, 0.05) is 6.61 Å². The van der Waals surface area contributed by atoms with Crippen LogP contribution in [0.2, 0.25) is 0 Å². The molecule has 98 valence electrons. The van der Waals surface area contributed by atoms with E-state index in [1.165, 1.54) is 16.7 Å². The number of carbonyl (C=O) groups is 1. The molecule has 1 spiro atoms. The Balaban J connectivity index is 2.04. The van der Waals surface area contributed by atoms with Crippen LogP contribution in [0.5, 0.6) is 0 Å². The van der Waals surface area contributed by atoms with Gasteiger partial charge in [0.05, 0.1) is 5.41 Å². The van der Waals surface area contributed by atoms with Crippen molar-refractivity contribution in [2.45, 2.75) is 32.3 Å². The van der Waals surface area contributed by atoms with E-state index in [4.69, 9.17) is 4.74 Å². The lowest BCUT2D eigenvalue weighted by Gasteiger charge is -2.60. The fourth-order valence-electron chi connectivity index (χ4n) is 4.64. The maximum atomic E-state index is 12.4. The van der Waals surface area contributed by atoms with Crippen LogP contribution in [0.1, 0.15) is 37.8 Å². The van der Waals surface area contributed by atoms with Gasteiger partial charge in [-0.05, 0) is 49.3 Å². The number of ether oxygens (including phenoxy) is 1. The first kappa shape index (κ1) is 11.4. The molecule has 0 N–H and O–H groups in total. The first-order chi connectivity index (χ1) is 9.12. The number of hydrogen-bond acceptors (Lipinski definition) is 2. The number of fused-ring (bicyclic) bond motifs is 1.